The van der Waals surface area contributed by atoms with Crippen LogP contribution in [0.15, 0.2) is 30.9 Å². The average molecular weight is 433 g/mol. The number of nitrogens with zero attached hydrogens (tertiary/aromatic N) is 4. The zero-order valence-corrected chi connectivity index (χ0v) is 17.4. The second-order valence-corrected chi connectivity index (χ2v) is 7.97. The van der Waals surface area contributed by atoms with Gasteiger partial charge in [-0.25, -0.2) is 13.9 Å². The van der Waals surface area contributed by atoms with Crippen LogP contribution in [0, 0.1) is 5.92 Å². The molecule has 1 atom stereocenters. The Hall–Kier alpha value is -2.78. The predicted molar refractivity (Wildman–Crippen MR) is 112 cm³/mol. The number of halogens is 2. The number of anilines is 1. The number of ether oxygens (including phenoxy) is 1. The molecule has 1 aliphatic heterocycles. The summed E-state index contributed by atoms with van der Waals surface area (Å²) in [6, 6.07) is 1.85. The molecule has 1 saturated heterocycles. The maximum atomic E-state index is 14.1. The number of rotatable bonds is 7. The number of pyridine rings is 1. The Kier molecular flexibility index (Phi) is 5.83. The summed E-state index contributed by atoms with van der Waals surface area (Å²) >= 11 is 5.97. The minimum absolute atomic E-state index is 0.0611. The molecule has 0 spiro atoms. The van der Waals surface area contributed by atoms with E-state index in [0.717, 1.165) is 0 Å². The molecule has 3 aromatic rings. The first-order valence-electron chi connectivity index (χ1n) is 9.68. The summed E-state index contributed by atoms with van der Waals surface area (Å²) in [7, 11) is 0. The van der Waals surface area contributed by atoms with Crippen LogP contribution in [0.1, 0.15) is 24.2 Å². The maximum Gasteiger partial charge on any atom is 0.255 e. The highest BCUT2D eigenvalue weighted by molar-refractivity contribution is 6.30. The van der Waals surface area contributed by atoms with Crippen LogP contribution in [-0.2, 0) is 4.74 Å². The van der Waals surface area contributed by atoms with Gasteiger partial charge in [0.2, 0.25) is 0 Å². The van der Waals surface area contributed by atoms with Crippen LogP contribution in [-0.4, -0.2) is 57.5 Å². The van der Waals surface area contributed by atoms with E-state index >= 15 is 0 Å². The molecule has 158 valence electrons. The van der Waals surface area contributed by atoms with Crippen molar-refractivity contribution >= 4 is 28.8 Å². The average Bonchev–Trinajstić information content (AvgIpc) is 3.07. The van der Waals surface area contributed by atoms with Gasteiger partial charge in [0, 0.05) is 30.9 Å². The molecule has 4 heterocycles. The van der Waals surface area contributed by atoms with Crippen LogP contribution < -0.4 is 10.6 Å². The lowest BCUT2D eigenvalue weighted by Gasteiger charge is -2.29. The highest BCUT2D eigenvalue weighted by atomic mass is 35.5. The van der Waals surface area contributed by atoms with Gasteiger partial charge in [0.25, 0.3) is 5.91 Å². The number of carbonyl (C=O) groups is 1. The number of fused-ring (bicyclic) bond motifs is 1. The van der Waals surface area contributed by atoms with Gasteiger partial charge < -0.3 is 15.4 Å². The highest BCUT2D eigenvalue weighted by Gasteiger charge is 2.29. The first kappa shape index (κ1) is 20.5. The molecule has 3 aromatic heterocycles. The van der Waals surface area contributed by atoms with Gasteiger partial charge in [-0.2, -0.15) is 5.10 Å². The van der Waals surface area contributed by atoms with Gasteiger partial charge in [-0.3, -0.25) is 9.78 Å². The van der Waals surface area contributed by atoms with Crippen molar-refractivity contribution in [3.8, 4) is 11.3 Å². The Bertz CT molecular complexity index is 1070. The van der Waals surface area contributed by atoms with Crippen LogP contribution in [0.4, 0.5) is 10.1 Å². The molecule has 0 bridgehead atoms. The van der Waals surface area contributed by atoms with Crippen LogP contribution in [0.5, 0.6) is 0 Å². The number of nitrogens with one attached hydrogen (secondary N) is 2. The Balaban J connectivity index is 1.60. The van der Waals surface area contributed by atoms with E-state index in [4.69, 9.17) is 16.3 Å². The first-order chi connectivity index (χ1) is 14.4. The molecule has 4 rings (SSSR count). The highest BCUT2D eigenvalue weighted by Crippen LogP contribution is 2.27. The molecule has 10 heteroatoms. The van der Waals surface area contributed by atoms with Gasteiger partial charge >= 0.3 is 0 Å². The summed E-state index contributed by atoms with van der Waals surface area (Å²) in [6.45, 7) is 4.66. The molecule has 1 unspecified atom stereocenters. The number of carbonyl (C=O) groups excluding carboxylic acids is 1. The lowest BCUT2D eigenvalue weighted by atomic mass is 10.0. The maximum absolute atomic E-state index is 14.1. The van der Waals surface area contributed by atoms with Crippen molar-refractivity contribution in [2.75, 3.05) is 25.1 Å². The molecule has 2 N–H and O–H groups in total. The van der Waals surface area contributed by atoms with E-state index in [2.05, 4.69) is 25.7 Å². The van der Waals surface area contributed by atoms with E-state index in [1.165, 1.54) is 12.4 Å². The largest absolute Gasteiger partial charge is 0.382 e. The lowest BCUT2D eigenvalue weighted by Crippen LogP contribution is -2.42. The third-order valence-electron chi connectivity index (χ3n) is 4.83. The van der Waals surface area contributed by atoms with Gasteiger partial charge in [0.1, 0.15) is 6.17 Å². The van der Waals surface area contributed by atoms with Crippen molar-refractivity contribution in [1.82, 2.24) is 24.9 Å². The van der Waals surface area contributed by atoms with Crippen LogP contribution in [0.3, 0.4) is 0 Å². The minimum atomic E-state index is -1.13. The van der Waals surface area contributed by atoms with E-state index in [-0.39, 0.29) is 24.4 Å². The Morgan fingerprint density at radius 3 is 2.83 bits per heavy atom. The normalized spacial score (nSPS) is 15.2. The molecule has 8 nitrogen and oxygen atoms in total. The molecule has 0 radical (unpaired) electrons. The number of alkyl halides is 1. The summed E-state index contributed by atoms with van der Waals surface area (Å²) < 4.78 is 20.7. The summed E-state index contributed by atoms with van der Waals surface area (Å²) in [5.41, 5.74) is 2.86. The van der Waals surface area contributed by atoms with Gasteiger partial charge in [-0.15, -0.1) is 0 Å². The first-order valence-corrected chi connectivity index (χ1v) is 10.1. The molecule has 1 fully saturated rings. The monoisotopic (exact) mass is 432 g/mol. The fourth-order valence-electron chi connectivity index (χ4n) is 3.16. The van der Waals surface area contributed by atoms with Crippen molar-refractivity contribution in [1.29, 1.82) is 0 Å². The van der Waals surface area contributed by atoms with E-state index in [0.29, 0.717) is 46.4 Å². The van der Waals surface area contributed by atoms with E-state index < -0.39 is 6.17 Å². The van der Waals surface area contributed by atoms with Gasteiger partial charge in [-0.1, -0.05) is 11.6 Å². The smallest absolute Gasteiger partial charge is 0.255 e. The van der Waals surface area contributed by atoms with Crippen molar-refractivity contribution < 1.29 is 13.9 Å². The SMILES string of the molecule is CC(C)Nc1cc(-c2cnn3cc(Cl)cnc23)ncc1C(=O)NCC(F)C1COC1. The second kappa shape index (κ2) is 8.53. The fraction of sp³-hybridized carbons (Fsp3) is 0.400. The van der Waals surface area contributed by atoms with E-state index in [1.807, 2.05) is 13.8 Å². The molecular formula is C20H22ClFN6O2. The number of aromatic nitrogens is 4. The standard InChI is InChI=1S/C20H22ClFN6O2/c1-11(2)27-18-3-17(14-6-26-28-8-13(21)4-24-19(14)28)23-5-15(18)20(29)25-7-16(22)12-9-30-10-12/h3-6,8,11-12,16H,7,9-10H2,1-2H3,(H,23,27)(H,25,29). The summed E-state index contributed by atoms with van der Waals surface area (Å²) in [5.74, 6) is -0.541. The van der Waals surface area contributed by atoms with Gasteiger partial charge in [0.05, 0.1) is 53.1 Å². The summed E-state index contributed by atoms with van der Waals surface area (Å²) in [4.78, 5) is 21.4. The number of hydrogen-bond acceptors (Lipinski definition) is 6. The Morgan fingerprint density at radius 1 is 1.33 bits per heavy atom. The zero-order chi connectivity index (χ0) is 21.3. The van der Waals surface area contributed by atoms with Crippen LogP contribution in [0.2, 0.25) is 5.02 Å². The second-order valence-electron chi connectivity index (χ2n) is 7.54. The molecule has 1 amide bonds. The molecule has 0 aliphatic carbocycles. The van der Waals surface area contributed by atoms with Crippen molar-refractivity contribution in [2.45, 2.75) is 26.1 Å². The van der Waals surface area contributed by atoms with Crippen molar-refractivity contribution in [3.05, 3.63) is 41.4 Å². The minimum Gasteiger partial charge on any atom is -0.382 e. The predicted octanol–water partition coefficient (Wildman–Crippen LogP) is 2.98. The van der Waals surface area contributed by atoms with E-state index in [9.17, 15) is 9.18 Å². The molecule has 0 saturated carbocycles. The van der Waals surface area contributed by atoms with Gasteiger partial charge in [0.15, 0.2) is 5.65 Å². The Morgan fingerprint density at radius 2 is 2.13 bits per heavy atom. The fourth-order valence-corrected chi connectivity index (χ4v) is 3.30. The van der Waals surface area contributed by atoms with Crippen molar-refractivity contribution in [3.63, 3.8) is 0 Å². The van der Waals surface area contributed by atoms with Crippen LogP contribution in [0.25, 0.3) is 16.9 Å². The molecule has 1 aliphatic rings. The van der Waals surface area contributed by atoms with Crippen molar-refractivity contribution in [2.24, 2.45) is 5.92 Å². The molecule has 0 aromatic carbocycles. The van der Waals surface area contributed by atoms with Crippen LogP contribution >= 0.6 is 11.6 Å². The summed E-state index contributed by atoms with van der Waals surface area (Å²) in [5, 5.41) is 10.7. The zero-order valence-electron chi connectivity index (χ0n) is 16.6. The molecular weight excluding hydrogens is 411 g/mol. The van der Waals surface area contributed by atoms with E-state index in [1.54, 1.807) is 23.0 Å². The molecule has 30 heavy (non-hydrogen) atoms. The quantitative estimate of drug-likeness (QED) is 0.596. The number of hydrogen-bond donors (Lipinski definition) is 2. The third-order valence-corrected chi connectivity index (χ3v) is 5.02. The third kappa shape index (κ3) is 4.22. The Labute approximate surface area is 177 Å². The topological polar surface area (TPSA) is 93.4 Å². The number of amides is 1. The van der Waals surface area contributed by atoms with Gasteiger partial charge in [-0.05, 0) is 19.9 Å². The lowest BCUT2D eigenvalue weighted by molar-refractivity contribution is -0.0671. The summed E-state index contributed by atoms with van der Waals surface area (Å²) in [6.07, 6.45) is 5.19.